The smallest absolute Gasteiger partial charge is 0.181 e. The molecule has 2 N–H and O–H groups in total. The van der Waals surface area contributed by atoms with E-state index in [9.17, 15) is 0 Å². The third-order valence-corrected chi connectivity index (χ3v) is 4.18. The Labute approximate surface area is 111 Å². The van der Waals surface area contributed by atoms with E-state index >= 15 is 0 Å². The van der Waals surface area contributed by atoms with E-state index in [1.165, 1.54) is 22.1 Å². The van der Waals surface area contributed by atoms with E-state index in [-0.39, 0.29) is 0 Å². The molecule has 0 amide bonds. The Balaban J connectivity index is 2.34. The van der Waals surface area contributed by atoms with Crippen LogP contribution < -0.4 is 5.73 Å². The number of halogens is 1. The van der Waals surface area contributed by atoms with Crippen LogP contribution in [0.15, 0.2) is 46.3 Å². The lowest BCUT2D eigenvalue weighted by Gasteiger charge is -2.04. The van der Waals surface area contributed by atoms with Gasteiger partial charge in [-0.15, -0.1) is 0 Å². The molecule has 2 nitrogen and oxygen atoms in total. The van der Waals surface area contributed by atoms with Crippen molar-refractivity contribution in [2.75, 3.05) is 5.73 Å². The Bertz CT molecular complexity index is 685. The molecule has 3 rings (SSSR count). The molecule has 1 aromatic heterocycles. The second-order valence-electron chi connectivity index (χ2n) is 3.70. The summed E-state index contributed by atoms with van der Waals surface area (Å²) < 4.78 is 0.978. The number of nitrogen functional groups attached to an aromatic ring is 1. The minimum absolute atomic E-state index is 0.583. The molecule has 1 heterocycles. The fraction of sp³-hybridized carbons (Fsp3) is 0. The molecule has 0 saturated carbocycles. The maximum absolute atomic E-state index is 5.74. The van der Waals surface area contributed by atoms with Gasteiger partial charge in [-0.2, -0.15) is 0 Å². The zero-order chi connectivity index (χ0) is 11.8. The molecular formula is C13H9BrN2S. The highest BCUT2D eigenvalue weighted by Gasteiger charge is 2.11. The van der Waals surface area contributed by atoms with Crippen LogP contribution in [0.3, 0.4) is 0 Å². The number of fused-ring (bicyclic) bond motifs is 1. The summed E-state index contributed by atoms with van der Waals surface area (Å²) in [5, 5.41) is 2.99. The first-order chi connectivity index (χ1) is 8.25. The van der Waals surface area contributed by atoms with Crippen LogP contribution in [0.5, 0.6) is 0 Å². The number of rotatable bonds is 1. The summed E-state index contributed by atoms with van der Waals surface area (Å²) in [7, 11) is 0. The van der Waals surface area contributed by atoms with Gasteiger partial charge in [-0.1, -0.05) is 53.8 Å². The monoisotopic (exact) mass is 304 g/mol. The van der Waals surface area contributed by atoms with Gasteiger partial charge in [-0.25, -0.2) is 4.98 Å². The van der Waals surface area contributed by atoms with Crippen LogP contribution in [0.2, 0.25) is 0 Å². The first-order valence-electron chi connectivity index (χ1n) is 5.15. The van der Waals surface area contributed by atoms with Crippen molar-refractivity contribution >= 4 is 43.2 Å². The van der Waals surface area contributed by atoms with Crippen molar-refractivity contribution in [1.82, 2.24) is 4.98 Å². The molecule has 2 aromatic carbocycles. The zero-order valence-electron chi connectivity index (χ0n) is 8.85. The van der Waals surface area contributed by atoms with E-state index in [2.05, 4.69) is 45.2 Å². The molecule has 84 valence electrons. The topological polar surface area (TPSA) is 38.9 Å². The van der Waals surface area contributed by atoms with Gasteiger partial charge in [0.15, 0.2) is 5.13 Å². The Morgan fingerprint density at radius 1 is 1.06 bits per heavy atom. The summed E-state index contributed by atoms with van der Waals surface area (Å²) >= 11 is 4.97. The predicted octanol–water partition coefficient (Wildman–Crippen LogP) is 4.31. The number of aromatic nitrogens is 1. The van der Waals surface area contributed by atoms with Gasteiger partial charge < -0.3 is 5.73 Å². The SMILES string of the molecule is Nc1nc(-c2cccc3ccccc23)c(Br)s1. The lowest BCUT2D eigenvalue weighted by Crippen LogP contribution is -1.84. The van der Waals surface area contributed by atoms with Crippen molar-refractivity contribution in [3.63, 3.8) is 0 Å². The number of benzene rings is 2. The van der Waals surface area contributed by atoms with E-state index in [1.807, 2.05) is 18.2 Å². The summed E-state index contributed by atoms with van der Waals surface area (Å²) in [6.45, 7) is 0. The van der Waals surface area contributed by atoms with Gasteiger partial charge in [-0.05, 0) is 26.7 Å². The molecule has 0 fully saturated rings. The molecule has 0 aliphatic heterocycles. The number of anilines is 1. The molecule has 3 aromatic rings. The van der Waals surface area contributed by atoms with Gasteiger partial charge in [0.05, 0.1) is 9.48 Å². The first-order valence-corrected chi connectivity index (χ1v) is 6.76. The lowest BCUT2D eigenvalue weighted by molar-refractivity contribution is 1.41. The molecule has 17 heavy (non-hydrogen) atoms. The van der Waals surface area contributed by atoms with Crippen LogP contribution in [0, 0.1) is 0 Å². The Morgan fingerprint density at radius 3 is 2.59 bits per heavy atom. The van der Waals surface area contributed by atoms with Crippen molar-refractivity contribution in [3.8, 4) is 11.3 Å². The van der Waals surface area contributed by atoms with Gasteiger partial charge in [0.25, 0.3) is 0 Å². The summed E-state index contributed by atoms with van der Waals surface area (Å²) in [5.41, 5.74) is 7.77. The molecule has 4 heteroatoms. The van der Waals surface area contributed by atoms with Crippen molar-refractivity contribution in [2.45, 2.75) is 0 Å². The largest absolute Gasteiger partial charge is 0.375 e. The van der Waals surface area contributed by atoms with Gasteiger partial charge in [0, 0.05) is 5.56 Å². The van der Waals surface area contributed by atoms with Crippen molar-refractivity contribution in [3.05, 3.63) is 46.3 Å². The molecule has 0 spiro atoms. The number of nitrogens with two attached hydrogens (primary N) is 1. The maximum Gasteiger partial charge on any atom is 0.181 e. The fourth-order valence-electron chi connectivity index (χ4n) is 1.92. The summed E-state index contributed by atoms with van der Waals surface area (Å²) in [5.74, 6) is 0. The average molecular weight is 305 g/mol. The van der Waals surface area contributed by atoms with Gasteiger partial charge in [-0.3, -0.25) is 0 Å². The summed E-state index contributed by atoms with van der Waals surface area (Å²) in [6, 6.07) is 14.5. The van der Waals surface area contributed by atoms with Crippen LogP contribution in [0.25, 0.3) is 22.0 Å². The van der Waals surface area contributed by atoms with E-state index in [0.29, 0.717) is 5.13 Å². The standard InChI is InChI=1S/C13H9BrN2S/c14-12-11(16-13(15)17-12)10-7-3-5-8-4-1-2-6-9(8)10/h1-7H,(H2,15,16). The number of hydrogen-bond donors (Lipinski definition) is 1. The molecular weight excluding hydrogens is 296 g/mol. The van der Waals surface area contributed by atoms with E-state index in [1.54, 1.807) is 0 Å². The van der Waals surface area contributed by atoms with E-state index in [0.717, 1.165) is 15.0 Å². The van der Waals surface area contributed by atoms with E-state index in [4.69, 9.17) is 5.73 Å². The first kappa shape index (κ1) is 10.7. The van der Waals surface area contributed by atoms with Crippen LogP contribution in [-0.4, -0.2) is 4.98 Å². The van der Waals surface area contributed by atoms with Crippen molar-refractivity contribution in [1.29, 1.82) is 0 Å². The Hall–Kier alpha value is -1.39. The third kappa shape index (κ3) is 1.83. The molecule has 0 aliphatic rings. The lowest BCUT2D eigenvalue weighted by atomic mass is 10.0. The highest BCUT2D eigenvalue weighted by Crippen LogP contribution is 2.37. The fourth-order valence-corrected chi connectivity index (χ4v) is 3.29. The number of nitrogens with zero attached hydrogens (tertiary/aromatic N) is 1. The Kier molecular flexibility index (Phi) is 2.61. The second-order valence-corrected chi connectivity index (χ2v) is 6.05. The summed E-state index contributed by atoms with van der Waals surface area (Å²) in [6.07, 6.45) is 0. The molecule has 0 unspecified atom stereocenters. The quantitative estimate of drug-likeness (QED) is 0.727. The van der Waals surface area contributed by atoms with Gasteiger partial charge in [0.1, 0.15) is 0 Å². The predicted molar refractivity (Wildman–Crippen MR) is 77.2 cm³/mol. The van der Waals surface area contributed by atoms with Gasteiger partial charge in [0.2, 0.25) is 0 Å². The second kappa shape index (κ2) is 4.13. The number of thiazole rings is 1. The zero-order valence-corrected chi connectivity index (χ0v) is 11.3. The molecule has 0 aliphatic carbocycles. The van der Waals surface area contributed by atoms with Crippen molar-refractivity contribution < 1.29 is 0 Å². The minimum atomic E-state index is 0.583. The molecule has 0 radical (unpaired) electrons. The van der Waals surface area contributed by atoms with Crippen molar-refractivity contribution in [2.24, 2.45) is 0 Å². The Morgan fingerprint density at radius 2 is 1.82 bits per heavy atom. The normalized spacial score (nSPS) is 10.9. The van der Waals surface area contributed by atoms with Gasteiger partial charge >= 0.3 is 0 Å². The minimum Gasteiger partial charge on any atom is -0.375 e. The van der Waals surface area contributed by atoms with Crippen LogP contribution in [-0.2, 0) is 0 Å². The average Bonchev–Trinajstić information content (AvgIpc) is 2.68. The highest BCUT2D eigenvalue weighted by atomic mass is 79.9. The third-order valence-electron chi connectivity index (χ3n) is 2.65. The molecule has 0 saturated heterocycles. The summed E-state index contributed by atoms with van der Waals surface area (Å²) in [4.78, 5) is 4.38. The van der Waals surface area contributed by atoms with Crippen LogP contribution in [0.1, 0.15) is 0 Å². The van der Waals surface area contributed by atoms with Crippen LogP contribution >= 0.6 is 27.3 Å². The molecule has 0 atom stereocenters. The van der Waals surface area contributed by atoms with E-state index < -0.39 is 0 Å². The number of hydrogen-bond acceptors (Lipinski definition) is 3. The highest BCUT2D eigenvalue weighted by molar-refractivity contribution is 9.11. The maximum atomic E-state index is 5.74. The molecule has 0 bridgehead atoms. The van der Waals surface area contributed by atoms with Crippen LogP contribution in [0.4, 0.5) is 5.13 Å².